The molecule has 0 aliphatic carbocycles. The van der Waals surface area contributed by atoms with E-state index >= 15 is 0 Å². The van der Waals surface area contributed by atoms with E-state index in [1.54, 1.807) is 6.33 Å². The van der Waals surface area contributed by atoms with Crippen molar-refractivity contribution in [1.29, 1.82) is 0 Å². The minimum absolute atomic E-state index is 0.714. The number of hydrogen-bond acceptors (Lipinski definition) is 8. The Balaban J connectivity index is 1.06. The molecule has 1 saturated heterocycles. The predicted octanol–water partition coefficient (Wildman–Crippen LogP) is 2.82. The molecule has 0 spiro atoms. The number of piperazine rings is 1. The number of fused-ring (bicyclic) bond motifs is 1. The average Bonchev–Trinajstić information content (AvgIpc) is 2.94. The van der Waals surface area contributed by atoms with Crippen molar-refractivity contribution < 1.29 is 0 Å². The van der Waals surface area contributed by atoms with Gasteiger partial charge in [0.1, 0.15) is 12.2 Å². The Morgan fingerprint density at radius 3 is 2.28 bits per heavy atom. The molecule has 2 aliphatic rings. The van der Waals surface area contributed by atoms with Gasteiger partial charge in [0.2, 0.25) is 11.9 Å². The molecular weight excluding hydrogens is 448 g/mol. The Hall–Kier alpha value is -3.91. The van der Waals surface area contributed by atoms with Gasteiger partial charge in [0.25, 0.3) is 0 Å². The Labute approximate surface area is 211 Å². The van der Waals surface area contributed by atoms with E-state index < -0.39 is 0 Å². The summed E-state index contributed by atoms with van der Waals surface area (Å²) < 4.78 is 0. The van der Waals surface area contributed by atoms with Crippen LogP contribution in [0.25, 0.3) is 0 Å². The molecule has 0 atom stereocenters. The number of hydrogen-bond donors (Lipinski definition) is 1. The minimum Gasteiger partial charge on any atom is -0.337 e. The van der Waals surface area contributed by atoms with Crippen molar-refractivity contribution >= 4 is 11.9 Å². The third kappa shape index (κ3) is 5.18. The van der Waals surface area contributed by atoms with E-state index in [0.717, 1.165) is 75.4 Å². The summed E-state index contributed by atoms with van der Waals surface area (Å²) in [6.45, 7) is 5.30. The zero-order valence-corrected chi connectivity index (χ0v) is 20.3. The van der Waals surface area contributed by atoms with E-state index in [1.807, 2.05) is 18.5 Å². The van der Waals surface area contributed by atoms with Gasteiger partial charge in [0, 0.05) is 58.0 Å². The molecule has 1 fully saturated rings. The van der Waals surface area contributed by atoms with Crippen LogP contribution < -0.4 is 15.1 Å². The average molecular weight is 479 g/mol. The van der Waals surface area contributed by atoms with E-state index in [0.29, 0.717) is 6.42 Å². The van der Waals surface area contributed by atoms with Crippen molar-refractivity contribution in [1.82, 2.24) is 30.2 Å². The van der Waals surface area contributed by atoms with Gasteiger partial charge in [-0.05, 0) is 40.8 Å². The van der Waals surface area contributed by atoms with Crippen molar-refractivity contribution in [2.24, 2.45) is 0 Å². The van der Waals surface area contributed by atoms with Crippen molar-refractivity contribution in [3.05, 3.63) is 101 Å². The normalized spacial score (nSPS) is 15.6. The van der Waals surface area contributed by atoms with Crippen LogP contribution in [0.5, 0.6) is 0 Å². The number of nitrogens with one attached hydrogen (secondary N) is 1. The first-order valence-electron chi connectivity index (χ1n) is 12.6. The molecule has 2 aromatic heterocycles. The first kappa shape index (κ1) is 22.5. The fourth-order valence-electron chi connectivity index (χ4n) is 4.92. The summed E-state index contributed by atoms with van der Waals surface area (Å²) in [5.74, 6) is 2.34. The van der Waals surface area contributed by atoms with Gasteiger partial charge in [-0.1, -0.05) is 48.5 Å². The van der Waals surface area contributed by atoms with E-state index in [1.165, 1.54) is 22.3 Å². The molecule has 8 heteroatoms. The van der Waals surface area contributed by atoms with E-state index in [9.17, 15) is 0 Å². The van der Waals surface area contributed by atoms with Crippen LogP contribution >= 0.6 is 0 Å². The van der Waals surface area contributed by atoms with E-state index in [4.69, 9.17) is 4.98 Å². The molecule has 0 saturated carbocycles. The summed E-state index contributed by atoms with van der Waals surface area (Å²) in [4.78, 5) is 27.4. The van der Waals surface area contributed by atoms with Crippen LogP contribution in [0.2, 0.25) is 0 Å². The Morgan fingerprint density at radius 2 is 1.47 bits per heavy atom. The SMILES string of the molecule is c1ccc(Cc2cnc(N3CCN(c4ncnc(Cc5ccc6c(c5)CNCC6)n4)CC3)nc2)cc1. The standard InChI is InChI=1S/C28H30N8/c1-2-4-21(5-3-1)14-23-17-30-27(31-18-23)35-10-12-36(13-11-35)28-33-20-32-26(34-28)16-22-6-7-24-8-9-29-19-25(24)15-22/h1-7,15,17-18,20,29H,8-14,16,19H2. The van der Waals surface area contributed by atoms with E-state index in [2.05, 4.69) is 77.5 Å². The maximum atomic E-state index is 4.79. The number of anilines is 2. The molecule has 0 amide bonds. The lowest BCUT2D eigenvalue weighted by Gasteiger charge is -2.34. The largest absolute Gasteiger partial charge is 0.337 e. The fraction of sp³-hybridized carbons (Fsp3) is 0.321. The summed E-state index contributed by atoms with van der Waals surface area (Å²) in [5.41, 5.74) is 6.47. The summed E-state index contributed by atoms with van der Waals surface area (Å²) in [6.07, 6.45) is 8.18. The monoisotopic (exact) mass is 478 g/mol. The number of aromatic nitrogens is 5. The van der Waals surface area contributed by atoms with E-state index in [-0.39, 0.29) is 0 Å². The van der Waals surface area contributed by atoms with Gasteiger partial charge in [-0.25, -0.2) is 19.9 Å². The van der Waals surface area contributed by atoms with Crippen LogP contribution in [0.4, 0.5) is 11.9 Å². The topological polar surface area (TPSA) is 83.0 Å². The molecule has 4 heterocycles. The van der Waals surface area contributed by atoms with Gasteiger partial charge in [-0.2, -0.15) is 4.98 Å². The highest BCUT2D eigenvalue weighted by atomic mass is 15.4. The third-order valence-corrected chi connectivity index (χ3v) is 6.92. The number of nitrogens with zero attached hydrogens (tertiary/aromatic N) is 7. The highest BCUT2D eigenvalue weighted by molar-refractivity contribution is 5.39. The van der Waals surface area contributed by atoms with Gasteiger partial charge in [-0.3, -0.25) is 0 Å². The molecule has 0 radical (unpaired) electrons. The second-order valence-corrected chi connectivity index (χ2v) is 9.44. The zero-order valence-electron chi connectivity index (χ0n) is 20.3. The molecule has 6 rings (SSSR count). The maximum absolute atomic E-state index is 4.79. The molecule has 4 aromatic rings. The van der Waals surface area contributed by atoms with Crippen LogP contribution in [0.15, 0.2) is 67.3 Å². The number of rotatable bonds is 6. The minimum atomic E-state index is 0.714. The van der Waals surface area contributed by atoms with Gasteiger partial charge in [-0.15, -0.1) is 0 Å². The van der Waals surface area contributed by atoms with Crippen molar-refractivity contribution in [3.63, 3.8) is 0 Å². The Kier molecular flexibility index (Phi) is 6.50. The summed E-state index contributed by atoms with van der Waals surface area (Å²) in [6, 6.07) is 17.2. The second kappa shape index (κ2) is 10.4. The van der Waals surface area contributed by atoms with Crippen LogP contribution in [-0.4, -0.2) is 57.6 Å². The summed E-state index contributed by atoms with van der Waals surface area (Å²) in [5, 5.41) is 3.45. The predicted molar refractivity (Wildman–Crippen MR) is 140 cm³/mol. The first-order chi connectivity index (χ1) is 17.8. The molecule has 2 aromatic carbocycles. The molecule has 0 unspecified atom stereocenters. The van der Waals surface area contributed by atoms with Crippen LogP contribution in [-0.2, 0) is 25.8 Å². The number of benzene rings is 2. The highest BCUT2D eigenvalue weighted by Gasteiger charge is 2.21. The van der Waals surface area contributed by atoms with Crippen LogP contribution in [0.3, 0.4) is 0 Å². The molecule has 182 valence electrons. The Bertz CT molecular complexity index is 1300. The molecular formula is C28H30N8. The van der Waals surface area contributed by atoms with Gasteiger partial charge in [0.05, 0.1) is 0 Å². The summed E-state index contributed by atoms with van der Waals surface area (Å²) >= 11 is 0. The molecule has 1 N–H and O–H groups in total. The van der Waals surface area contributed by atoms with Crippen LogP contribution in [0.1, 0.15) is 33.6 Å². The highest BCUT2D eigenvalue weighted by Crippen LogP contribution is 2.19. The van der Waals surface area contributed by atoms with Crippen molar-refractivity contribution in [2.45, 2.75) is 25.8 Å². The van der Waals surface area contributed by atoms with Crippen molar-refractivity contribution in [3.8, 4) is 0 Å². The molecule has 2 aliphatic heterocycles. The van der Waals surface area contributed by atoms with Gasteiger partial charge >= 0.3 is 0 Å². The zero-order chi connectivity index (χ0) is 24.2. The lowest BCUT2D eigenvalue weighted by atomic mass is 9.97. The van der Waals surface area contributed by atoms with Crippen molar-refractivity contribution in [2.75, 3.05) is 42.5 Å². The quantitative estimate of drug-likeness (QED) is 0.453. The molecule has 8 nitrogen and oxygen atoms in total. The first-order valence-corrected chi connectivity index (χ1v) is 12.6. The maximum Gasteiger partial charge on any atom is 0.228 e. The summed E-state index contributed by atoms with van der Waals surface area (Å²) in [7, 11) is 0. The van der Waals surface area contributed by atoms with Gasteiger partial charge in [0.15, 0.2) is 0 Å². The smallest absolute Gasteiger partial charge is 0.228 e. The Morgan fingerprint density at radius 1 is 0.694 bits per heavy atom. The lowest BCUT2D eigenvalue weighted by molar-refractivity contribution is 0.624. The second-order valence-electron chi connectivity index (χ2n) is 9.44. The van der Waals surface area contributed by atoms with Gasteiger partial charge < -0.3 is 15.1 Å². The van der Waals surface area contributed by atoms with Crippen LogP contribution in [0, 0.1) is 0 Å². The lowest BCUT2D eigenvalue weighted by Crippen LogP contribution is -2.47. The fourth-order valence-corrected chi connectivity index (χ4v) is 4.92. The molecule has 0 bridgehead atoms. The third-order valence-electron chi connectivity index (χ3n) is 6.92. The molecule has 36 heavy (non-hydrogen) atoms.